The van der Waals surface area contributed by atoms with Crippen LogP contribution in [0.15, 0.2) is 17.0 Å². The highest BCUT2D eigenvalue weighted by Crippen LogP contribution is 2.25. The largest absolute Gasteiger partial charge is 0.345 e. The first-order valence-corrected chi connectivity index (χ1v) is 6.32. The van der Waals surface area contributed by atoms with Crippen LogP contribution in [0, 0.1) is 15.9 Å². The molecule has 0 atom stereocenters. The van der Waals surface area contributed by atoms with Crippen LogP contribution in [0.2, 0.25) is 0 Å². The first-order valence-electron chi connectivity index (χ1n) is 4.78. The Labute approximate surface area is 107 Å². The van der Waals surface area contributed by atoms with E-state index in [0.29, 0.717) is 12.1 Å². The first-order chi connectivity index (χ1) is 8.55. The fourth-order valence-electron chi connectivity index (χ4n) is 1.29. The van der Waals surface area contributed by atoms with Gasteiger partial charge in [0, 0.05) is 26.2 Å². The minimum atomic E-state index is -4.52. The van der Waals surface area contributed by atoms with E-state index >= 15 is 0 Å². The van der Waals surface area contributed by atoms with Crippen LogP contribution in [0.4, 0.5) is 10.1 Å². The summed E-state index contributed by atoms with van der Waals surface area (Å²) in [5.74, 6) is -2.32. The maximum atomic E-state index is 13.9. The third kappa shape index (κ3) is 3.03. The van der Waals surface area contributed by atoms with Gasteiger partial charge in [-0.05, 0) is 0 Å². The lowest BCUT2D eigenvalue weighted by Gasteiger charge is -2.12. The number of nitrogens with zero attached hydrogens (tertiary/aromatic N) is 2. The van der Waals surface area contributed by atoms with Gasteiger partial charge >= 0.3 is 0 Å². The minimum Gasteiger partial charge on any atom is -0.345 e. The van der Waals surface area contributed by atoms with Crippen LogP contribution >= 0.6 is 0 Å². The molecule has 104 valence electrons. The number of nitro benzene ring substituents is 1. The van der Waals surface area contributed by atoms with Crippen LogP contribution in [-0.2, 0) is 10.0 Å². The fraction of sp³-hybridized carbons (Fsp3) is 0.222. The third-order valence-corrected chi connectivity index (χ3v) is 3.09. The van der Waals surface area contributed by atoms with Gasteiger partial charge in [0.2, 0.25) is 10.0 Å². The predicted octanol–water partition coefficient (Wildman–Crippen LogP) is 0.0831. The summed E-state index contributed by atoms with van der Waals surface area (Å²) in [5.41, 5.74) is -1.47. The Morgan fingerprint density at radius 1 is 1.42 bits per heavy atom. The maximum absolute atomic E-state index is 13.9. The molecular formula is C9H10FN3O5S. The van der Waals surface area contributed by atoms with Gasteiger partial charge in [0.05, 0.1) is 10.5 Å². The van der Waals surface area contributed by atoms with Gasteiger partial charge in [-0.1, -0.05) is 0 Å². The molecule has 0 spiro atoms. The Balaban J connectivity index is 3.70. The van der Waals surface area contributed by atoms with Crippen molar-refractivity contribution in [3.05, 3.63) is 33.6 Å². The van der Waals surface area contributed by atoms with Gasteiger partial charge in [0.25, 0.3) is 11.6 Å². The highest BCUT2D eigenvalue weighted by atomic mass is 32.2. The normalized spacial score (nSPS) is 11.2. The Kier molecular flexibility index (Phi) is 3.86. The lowest BCUT2D eigenvalue weighted by Crippen LogP contribution is -2.24. The maximum Gasteiger partial charge on any atom is 0.271 e. The summed E-state index contributed by atoms with van der Waals surface area (Å²) < 4.78 is 36.2. The van der Waals surface area contributed by atoms with Gasteiger partial charge in [0.15, 0.2) is 5.82 Å². The molecule has 0 aliphatic heterocycles. The molecule has 0 radical (unpaired) electrons. The zero-order valence-corrected chi connectivity index (χ0v) is 10.8. The number of carbonyl (C=O) groups is 1. The van der Waals surface area contributed by atoms with E-state index in [2.05, 4.69) is 0 Å². The minimum absolute atomic E-state index is 0.469. The lowest BCUT2D eigenvalue weighted by atomic mass is 10.1. The second kappa shape index (κ2) is 4.90. The topological polar surface area (TPSA) is 124 Å². The number of non-ortho nitro benzene ring substituents is 1. The van der Waals surface area contributed by atoms with Crippen LogP contribution in [0.3, 0.4) is 0 Å². The SMILES string of the molecule is CN(C)C(=O)c1cc([N+](=O)[O-])cc(S(N)(=O)=O)c1F. The summed E-state index contributed by atoms with van der Waals surface area (Å²) >= 11 is 0. The van der Waals surface area contributed by atoms with E-state index in [-0.39, 0.29) is 0 Å². The highest BCUT2D eigenvalue weighted by Gasteiger charge is 2.27. The van der Waals surface area contributed by atoms with Gasteiger partial charge < -0.3 is 4.90 Å². The molecule has 0 aliphatic carbocycles. The number of nitrogens with two attached hydrogens (primary N) is 1. The molecule has 0 saturated carbocycles. The molecule has 10 heteroatoms. The molecule has 0 unspecified atom stereocenters. The standard InChI is InChI=1S/C9H10FN3O5S/c1-12(2)9(14)6-3-5(13(15)16)4-7(8(6)10)19(11,17)18/h3-4H,1-2H3,(H2,11,17,18). The van der Waals surface area contributed by atoms with E-state index in [9.17, 15) is 27.7 Å². The number of amides is 1. The zero-order chi connectivity index (χ0) is 15.0. The van der Waals surface area contributed by atoms with E-state index in [0.717, 1.165) is 4.90 Å². The van der Waals surface area contributed by atoms with Crippen LogP contribution in [0.25, 0.3) is 0 Å². The number of carbonyl (C=O) groups excluding carboxylic acids is 1. The van der Waals surface area contributed by atoms with Crippen LogP contribution < -0.4 is 5.14 Å². The molecule has 0 fully saturated rings. The highest BCUT2D eigenvalue weighted by molar-refractivity contribution is 7.89. The van der Waals surface area contributed by atoms with Gasteiger partial charge in [-0.25, -0.2) is 17.9 Å². The number of rotatable bonds is 3. The average molecular weight is 291 g/mol. The molecule has 8 nitrogen and oxygen atoms in total. The second-order valence-corrected chi connectivity index (χ2v) is 5.34. The average Bonchev–Trinajstić information content (AvgIpc) is 2.26. The third-order valence-electron chi connectivity index (χ3n) is 2.18. The smallest absolute Gasteiger partial charge is 0.271 e. The molecule has 0 saturated heterocycles. The zero-order valence-electron chi connectivity index (χ0n) is 9.95. The number of nitro groups is 1. The molecule has 0 bridgehead atoms. The van der Waals surface area contributed by atoms with Crippen molar-refractivity contribution in [1.82, 2.24) is 4.90 Å². The fourth-order valence-corrected chi connectivity index (χ4v) is 1.94. The number of halogens is 1. The number of primary sulfonamides is 1. The monoisotopic (exact) mass is 291 g/mol. The van der Waals surface area contributed by atoms with E-state index in [1.54, 1.807) is 0 Å². The van der Waals surface area contributed by atoms with Gasteiger partial charge in [-0.15, -0.1) is 0 Å². The Morgan fingerprint density at radius 2 is 1.95 bits per heavy atom. The van der Waals surface area contributed by atoms with Crippen molar-refractivity contribution in [2.45, 2.75) is 4.90 Å². The molecule has 0 aromatic heterocycles. The van der Waals surface area contributed by atoms with Crippen molar-refractivity contribution in [2.24, 2.45) is 5.14 Å². The summed E-state index contributed by atoms with van der Waals surface area (Å²) in [6, 6.07) is 1.13. The van der Waals surface area contributed by atoms with Crippen molar-refractivity contribution in [1.29, 1.82) is 0 Å². The van der Waals surface area contributed by atoms with E-state index in [1.165, 1.54) is 14.1 Å². The number of sulfonamides is 1. The molecule has 1 rings (SSSR count). The number of benzene rings is 1. The van der Waals surface area contributed by atoms with Gasteiger partial charge in [0.1, 0.15) is 4.90 Å². The van der Waals surface area contributed by atoms with Crippen LogP contribution in [0.1, 0.15) is 10.4 Å². The summed E-state index contributed by atoms with van der Waals surface area (Å²) in [6.45, 7) is 0. The quantitative estimate of drug-likeness (QED) is 0.624. The van der Waals surface area contributed by atoms with Crippen molar-refractivity contribution in [2.75, 3.05) is 14.1 Å². The molecule has 0 aliphatic rings. The number of hydrogen-bond acceptors (Lipinski definition) is 5. The Bertz CT molecular complexity index is 656. The molecule has 19 heavy (non-hydrogen) atoms. The predicted molar refractivity (Wildman–Crippen MR) is 62.4 cm³/mol. The number of hydrogen-bond donors (Lipinski definition) is 1. The molecule has 1 aromatic rings. The lowest BCUT2D eigenvalue weighted by molar-refractivity contribution is -0.385. The van der Waals surface area contributed by atoms with Crippen LogP contribution in [0.5, 0.6) is 0 Å². The van der Waals surface area contributed by atoms with E-state index < -0.39 is 42.8 Å². The summed E-state index contributed by atoms with van der Waals surface area (Å²) in [6.07, 6.45) is 0. The van der Waals surface area contributed by atoms with Crippen molar-refractivity contribution in [3.63, 3.8) is 0 Å². The van der Waals surface area contributed by atoms with Crippen LogP contribution in [-0.4, -0.2) is 38.2 Å². The first kappa shape index (κ1) is 15.0. The molecule has 1 amide bonds. The molecule has 1 aromatic carbocycles. The van der Waals surface area contributed by atoms with Crippen molar-refractivity contribution < 1.29 is 22.5 Å². The molecule has 0 heterocycles. The van der Waals surface area contributed by atoms with Crippen molar-refractivity contribution in [3.8, 4) is 0 Å². The summed E-state index contributed by atoms with van der Waals surface area (Å²) in [5, 5.41) is 15.4. The van der Waals surface area contributed by atoms with E-state index in [1.807, 2.05) is 0 Å². The van der Waals surface area contributed by atoms with Crippen molar-refractivity contribution >= 4 is 21.6 Å². The Hall–Kier alpha value is -2.07. The molecular weight excluding hydrogens is 281 g/mol. The summed E-state index contributed by atoms with van der Waals surface area (Å²) in [4.78, 5) is 21.2. The van der Waals surface area contributed by atoms with E-state index in [4.69, 9.17) is 5.14 Å². The van der Waals surface area contributed by atoms with Gasteiger partial charge in [-0.3, -0.25) is 14.9 Å². The Morgan fingerprint density at radius 3 is 2.32 bits per heavy atom. The summed E-state index contributed by atoms with van der Waals surface area (Å²) in [7, 11) is -1.94. The molecule has 2 N–H and O–H groups in total. The van der Waals surface area contributed by atoms with Gasteiger partial charge in [-0.2, -0.15) is 0 Å². The second-order valence-electron chi connectivity index (χ2n) is 3.81.